The van der Waals surface area contributed by atoms with Crippen molar-refractivity contribution in [2.24, 2.45) is 0 Å². The van der Waals surface area contributed by atoms with E-state index in [1.807, 2.05) is 53.2 Å². The predicted octanol–water partition coefficient (Wildman–Crippen LogP) is 4.58. The molecule has 0 bridgehead atoms. The lowest BCUT2D eigenvalue weighted by atomic mass is 9.97. The number of aromatic nitrogens is 5. The molecule has 0 saturated heterocycles. The van der Waals surface area contributed by atoms with Gasteiger partial charge in [-0.3, -0.25) is 4.79 Å². The summed E-state index contributed by atoms with van der Waals surface area (Å²) in [6.45, 7) is 4.15. The van der Waals surface area contributed by atoms with Gasteiger partial charge in [0.15, 0.2) is 5.43 Å². The Balaban J connectivity index is 1.83. The minimum Gasteiger partial charge on any atom is -0.346 e. The second kappa shape index (κ2) is 6.67. The number of fused-ring (bicyclic) bond motifs is 2. The Hall–Kier alpha value is -3.80. The largest absolute Gasteiger partial charge is 0.346 e. The summed E-state index contributed by atoms with van der Waals surface area (Å²) in [6, 6.07) is 19.7. The molecule has 0 aliphatic heterocycles. The Morgan fingerprint density at radius 3 is 2.59 bits per heavy atom. The summed E-state index contributed by atoms with van der Waals surface area (Å²) in [6.07, 6.45) is 1.63. The number of rotatable bonds is 3. The van der Waals surface area contributed by atoms with Crippen molar-refractivity contribution >= 4 is 22.1 Å². The van der Waals surface area contributed by atoms with E-state index in [2.05, 4.69) is 35.2 Å². The van der Waals surface area contributed by atoms with Crippen LogP contribution in [0.3, 0.4) is 0 Å². The standard InChI is InChI=1S/C23H19N5O/c1-14(2)28-20-12-16(8-9-19(20)26-27-28)17-13-18-21(29)10-11-24-23(18)25-22(17)15-6-4-3-5-7-15/h3-14H,1-2H3,(H,24,25,29). The molecule has 0 fully saturated rings. The molecule has 3 aromatic heterocycles. The SMILES string of the molecule is CC(C)n1nnc2ccc(-c3cc4c(=O)cc[nH]c4nc3-c3ccccc3)cc21. The van der Waals surface area contributed by atoms with Crippen LogP contribution >= 0.6 is 0 Å². The van der Waals surface area contributed by atoms with Crippen LogP contribution in [0.25, 0.3) is 44.5 Å². The smallest absolute Gasteiger partial charge is 0.191 e. The molecule has 142 valence electrons. The van der Waals surface area contributed by atoms with E-state index in [4.69, 9.17) is 4.98 Å². The summed E-state index contributed by atoms with van der Waals surface area (Å²) in [7, 11) is 0. The van der Waals surface area contributed by atoms with E-state index >= 15 is 0 Å². The second-order valence-electron chi connectivity index (χ2n) is 7.32. The zero-order valence-electron chi connectivity index (χ0n) is 16.1. The molecular formula is C23H19N5O. The van der Waals surface area contributed by atoms with E-state index in [0.717, 1.165) is 33.4 Å². The number of nitrogens with one attached hydrogen (secondary N) is 1. The zero-order valence-corrected chi connectivity index (χ0v) is 16.1. The van der Waals surface area contributed by atoms with Gasteiger partial charge in [0, 0.05) is 29.4 Å². The minimum absolute atomic E-state index is 0.0536. The fourth-order valence-corrected chi connectivity index (χ4v) is 3.62. The van der Waals surface area contributed by atoms with Gasteiger partial charge in [0.05, 0.1) is 16.6 Å². The molecule has 5 rings (SSSR count). The van der Waals surface area contributed by atoms with Crippen molar-refractivity contribution in [1.82, 2.24) is 25.0 Å². The third kappa shape index (κ3) is 2.89. The van der Waals surface area contributed by atoms with Crippen molar-refractivity contribution in [3.63, 3.8) is 0 Å². The lowest BCUT2D eigenvalue weighted by Crippen LogP contribution is -2.04. The van der Waals surface area contributed by atoms with Crippen LogP contribution in [0.1, 0.15) is 19.9 Å². The maximum absolute atomic E-state index is 12.4. The Morgan fingerprint density at radius 1 is 0.966 bits per heavy atom. The van der Waals surface area contributed by atoms with Crippen LogP contribution in [-0.4, -0.2) is 25.0 Å². The van der Waals surface area contributed by atoms with Crippen molar-refractivity contribution in [2.75, 3.05) is 0 Å². The van der Waals surface area contributed by atoms with Crippen molar-refractivity contribution in [3.8, 4) is 22.4 Å². The van der Waals surface area contributed by atoms with Gasteiger partial charge >= 0.3 is 0 Å². The summed E-state index contributed by atoms with van der Waals surface area (Å²) >= 11 is 0. The first-order valence-corrected chi connectivity index (χ1v) is 9.55. The van der Waals surface area contributed by atoms with Gasteiger partial charge < -0.3 is 4.98 Å². The highest BCUT2D eigenvalue weighted by atomic mass is 16.1. The topological polar surface area (TPSA) is 76.5 Å². The van der Waals surface area contributed by atoms with E-state index in [1.54, 1.807) is 6.20 Å². The maximum atomic E-state index is 12.4. The Bertz CT molecular complexity index is 1400. The predicted molar refractivity (Wildman–Crippen MR) is 115 cm³/mol. The van der Waals surface area contributed by atoms with Gasteiger partial charge in [-0.05, 0) is 37.6 Å². The first-order chi connectivity index (χ1) is 14.1. The Kier molecular flexibility index (Phi) is 3.98. The second-order valence-corrected chi connectivity index (χ2v) is 7.32. The molecule has 6 heteroatoms. The number of aromatic amines is 1. The van der Waals surface area contributed by atoms with Crippen LogP contribution in [-0.2, 0) is 0 Å². The molecule has 0 atom stereocenters. The van der Waals surface area contributed by atoms with Gasteiger partial charge in [-0.2, -0.15) is 0 Å². The monoisotopic (exact) mass is 381 g/mol. The summed E-state index contributed by atoms with van der Waals surface area (Å²) in [5.74, 6) is 0. The summed E-state index contributed by atoms with van der Waals surface area (Å²) < 4.78 is 1.91. The quantitative estimate of drug-likeness (QED) is 0.496. The van der Waals surface area contributed by atoms with Crippen molar-refractivity contribution in [1.29, 1.82) is 0 Å². The molecule has 5 aromatic rings. The van der Waals surface area contributed by atoms with Gasteiger partial charge in [0.1, 0.15) is 11.2 Å². The third-order valence-corrected chi connectivity index (χ3v) is 5.06. The van der Waals surface area contributed by atoms with Crippen LogP contribution in [0.15, 0.2) is 71.7 Å². The average molecular weight is 381 g/mol. The lowest BCUT2D eigenvalue weighted by Gasteiger charge is -2.12. The summed E-state index contributed by atoms with van der Waals surface area (Å²) in [5.41, 5.74) is 6.01. The Morgan fingerprint density at radius 2 is 1.79 bits per heavy atom. The Labute approximate surface area is 166 Å². The molecule has 0 amide bonds. The van der Waals surface area contributed by atoms with Crippen LogP contribution in [0.2, 0.25) is 0 Å². The number of pyridine rings is 2. The highest BCUT2D eigenvalue weighted by molar-refractivity contribution is 5.92. The molecule has 2 aromatic carbocycles. The summed E-state index contributed by atoms with van der Waals surface area (Å²) in [4.78, 5) is 20.3. The van der Waals surface area contributed by atoms with Gasteiger partial charge in [-0.15, -0.1) is 5.10 Å². The molecular weight excluding hydrogens is 362 g/mol. The van der Waals surface area contributed by atoms with E-state index < -0.39 is 0 Å². The van der Waals surface area contributed by atoms with Crippen LogP contribution < -0.4 is 5.43 Å². The number of benzene rings is 2. The van der Waals surface area contributed by atoms with E-state index in [-0.39, 0.29) is 11.5 Å². The van der Waals surface area contributed by atoms with Crippen molar-refractivity contribution in [2.45, 2.75) is 19.9 Å². The highest BCUT2D eigenvalue weighted by Crippen LogP contribution is 2.33. The molecule has 1 N–H and O–H groups in total. The van der Waals surface area contributed by atoms with Gasteiger partial charge in [-0.1, -0.05) is 41.6 Å². The summed E-state index contributed by atoms with van der Waals surface area (Å²) in [5, 5.41) is 9.10. The molecule has 29 heavy (non-hydrogen) atoms. The van der Waals surface area contributed by atoms with Gasteiger partial charge in [0.2, 0.25) is 0 Å². The first kappa shape index (κ1) is 17.3. The van der Waals surface area contributed by atoms with E-state index in [1.165, 1.54) is 6.07 Å². The third-order valence-electron chi connectivity index (χ3n) is 5.06. The number of nitrogens with zero attached hydrogens (tertiary/aromatic N) is 4. The molecule has 0 aliphatic rings. The molecule has 0 saturated carbocycles. The van der Waals surface area contributed by atoms with Crippen LogP contribution in [0.4, 0.5) is 0 Å². The maximum Gasteiger partial charge on any atom is 0.191 e. The van der Waals surface area contributed by atoms with Crippen LogP contribution in [0, 0.1) is 0 Å². The zero-order chi connectivity index (χ0) is 20.0. The van der Waals surface area contributed by atoms with Crippen LogP contribution in [0.5, 0.6) is 0 Å². The molecule has 0 unspecified atom stereocenters. The molecule has 0 spiro atoms. The number of hydrogen-bond donors (Lipinski definition) is 1. The fourth-order valence-electron chi connectivity index (χ4n) is 3.62. The number of hydrogen-bond acceptors (Lipinski definition) is 4. The van der Waals surface area contributed by atoms with Crippen molar-refractivity contribution in [3.05, 3.63) is 77.1 Å². The van der Waals surface area contributed by atoms with E-state index in [0.29, 0.717) is 11.0 Å². The average Bonchev–Trinajstić information content (AvgIpc) is 3.17. The normalized spacial score (nSPS) is 11.6. The van der Waals surface area contributed by atoms with E-state index in [9.17, 15) is 4.79 Å². The molecule has 0 radical (unpaired) electrons. The molecule has 3 heterocycles. The lowest BCUT2D eigenvalue weighted by molar-refractivity contribution is 0.530. The first-order valence-electron chi connectivity index (χ1n) is 9.55. The minimum atomic E-state index is -0.0536. The van der Waals surface area contributed by atoms with Gasteiger partial charge in [0.25, 0.3) is 0 Å². The highest BCUT2D eigenvalue weighted by Gasteiger charge is 2.15. The van der Waals surface area contributed by atoms with Gasteiger partial charge in [-0.25, -0.2) is 9.67 Å². The number of H-pyrrole nitrogens is 1. The molecule has 6 nitrogen and oxygen atoms in total. The fraction of sp³-hybridized carbons (Fsp3) is 0.130. The van der Waals surface area contributed by atoms with Crippen molar-refractivity contribution < 1.29 is 0 Å². The molecule has 0 aliphatic carbocycles.